The maximum atomic E-state index is 11.8. The molecule has 1 aromatic carbocycles. The lowest BCUT2D eigenvalue weighted by Gasteiger charge is -2.19. The molecule has 1 rings (SSSR count). The number of nitrogens with one attached hydrogen (secondary N) is 1. The maximum Gasteiger partial charge on any atom is 0.317 e. The predicted octanol–water partition coefficient (Wildman–Crippen LogP) is 1.31. The van der Waals surface area contributed by atoms with Gasteiger partial charge in [0, 0.05) is 24.4 Å². The molecule has 20 heavy (non-hydrogen) atoms. The van der Waals surface area contributed by atoms with Gasteiger partial charge in [-0.1, -0.05) is 11.6 Å². The Morgan fingerprint density at radius 3 is 2.50 bits per heavy atom. The van der Waals surface area contributed by atoms with Crippen molar-refractivity contribution in [1.29, 1.82) is 0 Å². The molecule has 0 aliphatic rings. The molecule has 110 valence electrons. The van der Waals surface area contributed by atoms with Gasteiger partial charge >= 0.3 is 5.97 Å². The van der Waals surface area contributed by atoms with E-state index in [2.05, 4.69) is 5.32 Å². The fraction of sp³-hybridized carbons (Fsp3) is 0.385. The minimum absolute atomic E-state index is 0.0156. The first-order chi connectivity index (χ1) is 9.51. The van der Waals surface area contributed by atoms with Crippen molar-refractivity contribution in [1.82, 2.24) is 4.90 Å². The summed E-state index contributed by atoms with van der Waals surface area (Å²) in [4.78, 5) is 24.1. The van der Waals surface area contributed by atoms with Crippen LogP contribution in [0.25, 0.3) is 0 Å². The van der Waals surface area contributed by atoms with Crippen LogP contribution < -0.4 is 5.32 Å². The number of aliphatic carboxylic acids is 1. The Labute approximate surface area is 122 Å². The number of hydrogen-bond acceptors (Lipinski definition) is 4. The van der Waals surface area contributed by atoms with Crippen LogP contribution in [0.15, 0.2) is 24.3 Å². The molecule has 7 heteroatoms. The van der Waals surface area contributed by atoms with E-state index in [4.69, 9.17) is 21.4 Å². The number of hydrogen-bond donors (Lipinski definition) is 2. The molecule has 0 aliphatic carbocycles. The minimum Gasteiger partial charge on any atom is -0.480 e. The molecule has 0 atom stereocenters. The number of halogens is 1. The summed E-state index contributed by atoms with van der Waals surface area (Å²) in [5, 5.41) is 12.0. The van der Waals surface area contributed by atoms with Gasteiger partial charge in [0.25, 0.3) is 0 Å². The highest BCUT2D eigenvalue weighted by molar-refractivity contribution is 6.30. The lowest BCUT2D eigenvalue weighted by molar-refractivity contribution is -0.138. The summed E-state index contributed by atoms with van der Waals surface area (Å²) in [6, 6.07) is 6.68. The average molecular weight is 301 g/mol. The molecule has 0 aromatic heterocycles. The first-order valence-corrected chi connectivity index (χ1v) is 6.37. The zero-order valence-electron chi connectivity index (χ0n) is 11.1. The minimum atomic E-state index is -0.986. The second-order valence-corrected chi connectivity index (χ2v) is 4.59. The highest BCUT2D eigenvalue weighted by Crippen LogP contribution is 2.13. The Morgan fingerprint density at radius 1 is 1.30 bits per heavy atom. The fourth-order valence-electron chi connectivity index (χ4n) is 1.56. The van der Waals surface area contributed by atoms with Gasteiger partial charge in [-0.2, -0.15) is 0 Å². The van der Waals surface area contributed by atoms with Crippen LogP contribution >= 0.6 is 11.6 Å². The van der Waals surface area contributed by atoms with Gasteiger partial charge in [0.2, 0.25) is 5.91 Å². The van der Waals surface area contributed by atoms with Crippen molar-refractivity contribution in [2.24, 2.45) is 0 Å². The van der Waals surface area contributed by atoms with E-state index in [0.717, 1.165) is 0 Å². The first kappa shape index (κ1) is 16.4. The number of amides is 1. The summed E-state index contributed by atoms with van der Waals surface area (Å²) in [6.07, 6.45) is 0. The Hall–Kier alpha value is -1.63. The van der Waals surface area contributed by atoms with Crippen molar-refractivity contribution in [3.8, 4) is 0 Å². The van der Waals surface area contributed by atoms with Crippen molar-refractivity contribution in [3.05, 3.63) is 29.3 Å². The monoisotopic (exact) mass is 300 g/mol. The Morgan fingerprint density at radius 2 is 1.95 bits per heavy atom. The molecule has 0 bridgehead atoms. The average Bonchev–Trinajstić information content (AvgIpc) is 2.38. The van der Waals surface area contributed by atoms with Crippen molar-refractivity contribution in [3.63, 3.8) is 0 Å². The largest absolute Gasteiger partial charge is 0.480 e. The number of ether oxygens (including phenoxy) is 1. The van der Waals surface area contributed by atoms with E-state index in [-0.39, 0.29) is 19.0 Å². The van der Waals surface area contributed by atoms with E-state index >= 15 is 0 Å². The Bertz CT molecular complexity index is 450. The summed E-state index contributed by atoms with van der Waals surface area (Å²) in [6.45, 7) is 0.508. The molecule has 0 spiro atoms. The van der Waals surface area contributed by atoms with Gasteiger partial charge in [0.05, 0.1) is 19.7 Å². The van der Waals surface area contributed by atoms with Gasteiger partial charge in [-0.15, -0.1) is 0 Å². The molecule has 0 heterocycles. The second-order valence-electron chi connectivity index (χ2n) is 4.15. The maximum absolute atomic E-state index is 11.8. The molecular weight excluding hydrogens is 284 g/mol. The Kier molecular flexibility index (Phi) is 7.00. The van der Waals surface area contributed by atoms with Gasteiger partial charge < -0.3 is 15.2 Å². The van der Waals surface area contributed by atoms with Crippen molar-refractivity contribution < 1.29 is 19.4 Å². The fourth-order valence-corrected chi connectivity index (χ4v) is 1.69. The molecule has 0 aliphatic heterocycles. The molecule has 1 aromatic rings. The first-order valence-electron chi connectivity index (χ1n) is 5.99. The number of anilines is 1. The van der Waals surface area contributed by atoms with Crippen LogP contribution in [0.2, 0.25) is 5.02 Å². The van der Waals surface area contributed by atoms with Gasteiger partial charge in [-0.05, 0) is 24.3 Å². The Balaban J connectivity index is 2.51. The summed E-state index contributed by atoms with van der Waals surface area (Å²) in [5.74, 6) is -1.27. The summed E-state index contributed by atoms with van der Waals surface area (Å²) in [7, 11) is 1.52. The number of carboxylic acids is 1. The molecule has 0 fully saturated rings. The van der Waals surface area contributed by atoms with Gasteiger partial charge in [0.1, 0.15) is 0 Å². The van der Waals surface area contributed by atoms with E-state index < -0.39 is 5.97 Å². The van der Waals surface area contributed by atoms with Gasteiger partial charge in [0.15, 0.2) is 0 Å². The van der Waals surface area contributed by atoms with Gasteiger partial charge in [-0.3, -0.25) is 14.5 Å². The van der Waals surface area contributed by atoms with Crippen LogP contribution in [0.4, 0.5) is 5.69 Å². The van der Waals surface area contributed by atoms with E-state index in [9.17, 15) is 9.59 Å². The quantitative estimate of drug-likeness (QED) is 0.757. The summed E-state index contributed by atoms with van der Waals surface area (Å²) in [5.41, 5.74) is 0.612. The molecule has 0 saturated heterocycles. The number of carbonyl (C=O) groups is 2. The topological polar surface area (TPSA) is 78.9 Å². The van der Waals surface area contributed by atoms with Crippen molar-refractivity contribution >= 4 is 29.2 Å². The second kappa shape index (κ2) is 8.52. The van der Waals surface area contributed by atoms with Crippen molar-refractivity contribution in [2.75, 3.05) is 38.7 Å². The number of methoxy groups -OCH3 is 1. The SMILES string of the molecule is COCCN(CC(=O)O)CC(=O)Nc1ccc(Cl)cc1. The standard InChI is InChI=1S/C13H17ClN2O4/c1-20-7-6-16(9-13(18)19)8-12(17)15-11-4-2-10(14)3-5-11/h2-5H,6-9H2,1H3,(H,15,17)(H,18,19). The molecule has 1 amide bonds. The summed E-state index contributed by atoms with van der Waals surface area (Å²) >= 11 is 5.75. The van der Waals surface area contributed by atoms with E-state index in [0.29, 0.717) is 23.9 Å². The van der Waals surface area contributed by atoms with E-state index in [1.165, 1.54) is 12.0 Å². The van der Waals surface area contributed by atoms with E-state index in [1.807, 2.05) is 0 Å². The van der Waals surface area contributed by atoms with Crippen LogP contribution in [-0.2, 0) is 14.3 Å². The van der Waals surface area contributed by atoms with E-state index in [1.54, 1.807) is 24.3 Å². The third-order valence-electron chi connectivity index (χ3n) is 2.47. The van der Waals surface area contributed by atoms with Gasteiger partial charge in [-0.25, -0.2) is 0 Å². The lowest BCUT2D eigenvalue weighted by Crippen LogP contribution is -2.38. The third kappa shape index (κ3) is 6.51. The highest BCUT2D eigenvalue weighted by Gasteiger charge is 2.13. The molecule has 0 unspecified atom stereocenters. The zero-order chi connectivity index (χ0) is 15.0. The normalized spacial score (nSPS) is 10.6. The van der Waals surface area contributed by atoms with Crippen LogP contribution in [0.3, 0.4) is 0 Å². The number of carboxylic acid groups (broad SMARTS) is 1. The molecule has 0 radical (unpaired) electrons. The van der Waals surface area contributed by atoms with Crippen molar-refractivity contribution in [2.45, 2.75) is 0 Å². The number of nitrogens with zero attached hydrogens (tertiary/aromatic N) is 1. The smallest absolute Gasteiger partial charge is 0.317 e. The summed E-state index contributed by atoms with van der Waals surface area (Å²) < 4.78 is 4.89. The lowest BCUT2D eigenvalue weighted by atomic mass is 10.3. The zero-order valence-corrected chi connectivity index (χ0v) is 11.9. The molecular formula is C13H17ClN2O4. The number of benzene rings is 1. The number of rotatable bonds is 8. The highest BCUT2D eigenvalue weighted by atomic mass is 35.5. The molecule has 2 N–H and O–H groups in total. The molecule has 0 saturated carbocycles. The van der Waals surface area contributed by atoms with Crippen LogP contribution in [0.5, 0.6) is 0 Å². The predicted molar refractivity (Wildman–Crippen MR) is 76.0 cm³/mol. The van der Waals surface area contributed by atoms with Crippen LogP contribution in [0.1, 0.15) is 0 Å². The third-order valence-corrected chi connectivity index (χ3v) is 2.72. The van der Waals surface area contributed by atoms with Crippen LogP contribution in [-0.4, -0.2) is 55.2 Å². The van der Waals surface area contributed by atoms with Crippen LogP contribution in [0, 0.1) is 0 Å². The number of carbonyl (C=O) groups excluding carboxylic acids is 1. The molecule has 6 nitrogen and oxygen atoms in total.